The minimum Gasteiger partial charge on any atom is -0.361 e. The Hall–Kier alpha value is -0.0800. The highest BCUT2D eigenvalue weighted by Gasteiger charge is 2.23. The van der Waals surface area contributed by atoms with Crippen molar-refractivity contribution in [2.75, 3.05) is 6.61 Å². The lowest BCUT2D eigenvalue weighted by Gasteiger charge is -2.29. The molecule has 0 aliphatic carbocycles. The van der Waals surface area contributed by atoms with E-state index in [0.717, 1.165) is 13.0 Å². The van der Waals surface area contributed by atoms with Gasteiger partial charge in [-0.1, -0.05) is 27.7 Å². The molecule has 12 heavy (non-hydrogen) atoms. The fourth-order valence-electron chi connectivity index (χ4n) is 0.681. The van der Waals surface area contributed by atoms with E-state index >= 15 is 0 Å². The predicted octanol–water partition coefficient (Wildman–Crippen LogP) is 2.38. The zero-order valence-electron chi connectivity index (χ0n) is 9.05. The third kappa shape index (κ3) is 4.73. The second kappa shape index (κ2) is 4.83. The summed E-state index contributed by atoms with van der Waals surface area (Å²) in [6.45, 7) is 11.2. The molecule has 0 bridgehead atoms. The highest BCUT2D eigenvalue weighted by molar-refractivity contribution is 4.70. The van der Waals surface area contributed by atoms with Gasteiger partial charge in [-0.2, -0.15) is 0 Å². The minimum atomic E-state index is -0.463. The third-order valence-electron chi connectivity index (χ3n) is 2.25. The fraction of sp³-hybridized carbons (Fsp3) is 1.00. The first-order chi connectivity index (χ1) is 5.36. The van der Waals surface area contributed by atoms with Crippen LogP contribution < -0.4 is 5.73 Å². The van der Waals surface area contributed by atoms with Crippen LogP contribution in [0.25, 0.3) is 0 Å². The van der Waals surface area contributed by atoms with Gasteiger partial charge in [0.2, 0.25) is 0 Å². The summed E-state index contributed by atoms with van der Waals surface area (Å²) in [5.74, 6) is 1.05. The lowest BCUT2D eigenvalue weighted by atomic mass is 10.0. The first kappa shape index (κ1) is 11.9. The minimum absolute atomic E-state index is 0.365. The lowest BCUT2D eigenvalue weighted by molar-refractivity contribution is -0.0632. The molecular weight excluding hydrogens is 150 g/mol. The van der Waals surface area contributed by atoms with Crippen molar-refractivity contribution in [1.82, 2.24) is 0 Å². The van der Waals surface area contributed by atoms with E-state index in [-0.39, 0.29) is 0 Å². The van der Waals surface area contributed by atoms with Crippen molar-refractivity contribution in [3.8, 4) is 0 Å². The molecule has 1 unspecified atom stereocenters. The second-order valence-corrected chi connectivity index (χ2v) is 4.37. The van der Waals surface area contributed by atoms with E-state index in [1.54, 1.807) is 0 Å². The van der Waals surface area contributed by atoms with Crippen molar-refractivity contribution in [3.63, 3.8) is 0 Å². The van der Waals surface area contributed by atoms with Gasteiger partial charge in [0.15, 0.2) is 0 Å². The number of rotatable bonds is 5. The van der Waals surface area contributed by atoms with Gasteiger partial charge in [-0.3, -0.25) is 0 Å². The van der Waals surface area contributed by atoms with Gasteiger partial charge in [-0.25, -0.2) is 0 Å². The maximum Gasteiger partial charge on any atom is 0.116 e. The van der Waals surface area contributed by atoms with Crippen LogP contribution in [0.5, 0.6) is 0 Å². The SMILES string of the molecule is CC(C)CCOC(C)(N)C(C)C. The van der Waals surface area contributed by atoms with Crippen molar-refractivity contribution in [1.29, 1.82) is 0 Å². The van der Waals surface area contributed by atoms with E-state index in [9.17, 15) is 0 Å². The average Bonchev–Trinajstić information content (AvgIpc) is 1.85. The average molecular weight is 173 g/mol. The molecule has 0 aromatic heterocycles. The van der Waals surface area contributed by atoms with Crippen molar-refractivity contribution in [2.45, 2.75) is 46.8 Å². The summed E-state index contributed by atoms with van der Waals surface area (Å²) in [7, 11) is 0. The first-order valence-electron chi connectivity index (χ1n) is 4.79. The smallest absolute Gasteiger partial charge is 0.116 e. The van der Waals surface area contributed by atoms with E-state index in [2.05, 4.69) is 27.7 Å². The maximum atomic E-state index is 5.92. The molecule has 0 aromatic carbocycles. The van der Waals surface area contributed by atoms with Gasteiger partial charge in [0.05, 0.1) is 0 Å². The Kier molecular flexibility index (Phi) is 4.80. The van der Waals surface area contributed by atoms with Crippen molar-refractivity contribution in [3.05, 3.63) is 0 Å². The highest BCUT2D eigenvalue weighted by atomic mass is 16.5. The molecule has 0 spiro atoms. The molecule has 1 atom stereocenters. The van der Waals surface area contributed by atoms with Crippen LogP contribution >= 0.6 is 0 Å². The summed E-state index contributed by atoms with van der Waals surface area (Å²) in [4.78, 5) is 0. The molecule has 0 saturated heterocycles. The van der Waals surface area contributed by atoms with Crippen molar-refractivity contribution < 1.29 is 4.74 Å². The number of ether oxygens (including phenoxy) is 1. The van der Waals surface area contributed by atoms with E-state index in [0.29, 0.717) is 11.8 Å². The Morgan fingerprint density at radius 1 is 1.25 bits per heavy atom. The van der Waals surface area contributed by atoms with Crippen molar-refractivity contribution >= 4 is 0 Å². The molecule has 74 valence electrons. The Bertz CT molecular complexity index is 119. The Balaban J connectivity index is 3.61. The third-order valence-corrected chi connectivity index (χ3v) is 2.25. The van der Waals surface area contributed by atoms with Crippen LogP contribution in [0.3, 0.4) is 0 Å². The summed E-state index contributed by atoms with van der Waals surface area (Å²) in [5, 5.41) is 0. The standard InChI is InChI=1S/C10H23NO/c1-8(2)6-7-12-10(5,11)9(3)4/h8-9H,6-7,11H2,1-5H3. The van der Waals surface area contributed by atoms with Crippen LogP contribution in [0, 0.1) is 11.8 Å². The lowest BCUT2D eigenvalue weighted by Crippen LogP contribution is -2.44. The Morgan fingerprint density at radius 2 is 1.75 bits per heavy atom. The molecule has 0 heterocycles. The van der Waals surface area contributed by atoms with Gasteiger partial charge < -0.3 is 10.5 Å². The quantitative estimate of drug-likeness (QED) is 0.648. The Labute approximate surface area is 76.5 Å². The topological polar surface area (TPSA) is 35.2 Å². The van der Waals surface area contributed by atoms with Gasteiger partial charge >= 0.3 is 0 Å². The molecule has 0 fully saturated rings. The predicted molar refractivity (Wildman–Crippen MR) is 52.8 cm³/mol. The van der Waals surface area contributed by atoms with Crippen molar-refractivity contribution in [2.24, 2.45) is 17.6 Å². The normalized spacial score (nSPS) is 17.0. The monoisotopic (exact) mass is 173 g/mol. The number of hydrogen-bond donors (Lipinski definition) is 1. The zero-order valence-corrected chi connectivity index (χ0v) is 9.05. The van der Waals surface area contributed by atoms with Crippen LogP contribution in [0.4, 0.5) is 0 Å². The molecule has 0 saturated carbocycles. The van der Waals surface area contributed by atoms with Gasteiger partial charge in [0, 0.05) is 6.61 Å². The molecule has 0 aromatic rings. The second-order valence-electron chi connectivity index (χ2n) is 4.37. The Morgan fingerprint density at radius 3 is 2.08 bits per heavy atom. The van der Waals surface area contributed by atoms with Crippen LogP contribution in [0.1, 0.15) is 41.0 Å². The maximum absolute atomic E-state index is 5.92. The van der Waals surface area contributed by atoms with Crippen LogP contribution in [-0.4, -0.2) is 12.3 Å². The molecule has 0 rings (SSSR count). The molecule has 2 N–H and O–H groups in total. The molecular formula is C10H23NO. The van der Waals surface area contributed by atoms with Crippen LogP contribution in [0.2, 0.25) is 0 Å². The summed E-state index contributed by atoms with van der Waals surface area (Å²) in [6, 6.07) is 0. The number of nitrogens with two attached hydrogens (primary N) is 1. The molecule has 2 heteroatoms. The van der Waals surface area contributed by atoms with Crippen LogP contribution in [-0.2, 0) is 4.74 Å². The summed E-state index contributed by atoms with van der Waals surface area (Å²) in [6.07, 6.45) is 1.08. The van der Waals surface area contributed by atoms with E-state index in [1.165, 1.54) is 0 Å². The van der Waals surface area contributed by atoms with E-state index < -0.39 is 5.72 Å². The molecule has 0 radical (unpaired) electrons. The number of hydrogen-bond acceptors (Lipinski definition) is 2. The summed E-state index contributed by atoms with van der Waals surface area (Å²) in [5.41, 5.74) is 5.46. The van der Waals surface area contributed by atoms with Gasteiger partial charge in [0.1, 0.15) is 5.72 Å². The first-order valence-corrected chi connectivity index (χ1v) is 4.79. The van der Waals surface area contributed by atoms with E-state index in [1.807, 2.05) is 6.92 Å². The van der Waals surface area contributed by atoms with Crippen LogP contribution in [0.15, 0.2) is 0 Å². The summed E-state index contributed by atoms with van der Waals surface area (Å²) < 4.78 is 5.58. The molecule has 0 aliphatic heterocycles. The van der Waals surface area contributed by atoms with Gasteiger partial charge in [-0.15, -0.1) is 0 Å². The zero-order chi connectivity index (χ0) is 9.78. The highest BCUT2D eigenvalue weighted by Crippen LogP contribution is 2.15. The van der Waals surface area contributed by atoms with E-state index in [4.69, 9.17) is 10.5 Å². The van der Waals surface area contributed by atoms with Gasteiger partial charge in [-0.05, 0) is 25.2 Å². The molecule has 2 nitrogen and oxygen atoms in total. The molecule has 0 amide bonds. The van der Waals surface area contributed by atoms with Gasteiger partial charge in [0.25, 0.3) is 0 Å². The fourth-order valence-corrected chi connectivity index (χ4v) is 0.681. The molecule has 0 aliphatic rings. The summed E-state index contributed by atoms with van der Waals surface area (Å²) >= 11 is 0. The largest absolute Gasteiger partial charge is 0.361 e.